The molecular weight excluding hydrogens is 392 g/mol. The average molecular weight is 421 g/mol. The number of fused-ring (bicyclic) bond motifs is 2. The summed E-state index contributed by atoms with van der Waals surface area (Å²) in [5.74, 6) is -0.150. The number of rotatable bonds is 7. The zero-order valence-corrected chi connectivity index (χ0v) is 18.4. The van der Waals surface area contributed by atoms with Crippen molar-refractivity contribution in [2.45, 2.75) is 12.8 Å². The first-order valence-electron chi connectivity index (χ1n) is 10.4. The number of benzene rings is 1. The van der Waals surface area contributed by atoms with Crippen molar-refractivity contribution in [3.63, 3.8) is 0 Å². The molecule has 31 heavy (non-hydrogen) atoms. The lowest BCUT2D eigenvalue weighted by Gasteiger charge is -2.16. The van der Waals surface area contributed by atoms with Crippen LogP contribution < -0.4 is 5.32 Å². The average Bonchev–Trinajstić information content (AvgIpc) is 3.24. The van der Waals surface area contributed by atoms with Crippen LogP contribution in [0.1, 0.15) is 17.7 Å². The number of aromatic hydroxyl groups is 1. The summed E-state index contributed by atoms with van der Waals surface area (Å²) in [4.78, 5) is 33.0. The molecule has 0 radical (unpaired) electrons. The number of amides is 1. The van der Waals surface area contributed by atoms with Gasteiger partial charge in [0.2, 0.25) is 0 Å². The van der Waals surface area contributed by atoms with E-state index in [4.69, 9.17) is 0 Å². The summed E-state index contributed by atoms with van der Waals surface area (Å²) in [7, 11) is 7.89. The SMILES string of the molecule is CN(C)CCC1=C2C(=O)C=CC(c3[nH]c4cccc(O)c4c3CCN(C)C)=C2NC1=O. The molecule has 1 aliphatic carbocycles. The van der Waals surface area contributed by atoms with Crippen molar-refractivity contribution in [3.8, 4) is 5.75 Å². The van der Waals surface area contributed by atoms with Gasteiger partial charge in [-0.1, -0.05) is 6.07 Å². The van der Waals surface area contributed by atoms with Gasteiger partial charge in [-0.15, -0.1) is 0 Å². The van der Waals surface area contributed by atoms with Crippen molar-refractivity contribution < 1.29 is 14.7 Å². The standard InChI is InChI=1S/C24H28N4O3/c1-27(2)12-10-14-20-17(6-5-7-18(20)29)25-22(14)16-8-9-19(30)21-15(11-13-28(3)4)24(31)26-23(16)21/h5-9,25,29H,10-13H2,1-4H3,(H,26,31). The molecule has 1 amide bonds. The number of carbonyl (C=O) groups is 2. The Morgan fingerprint density at radius 2 is 1.68 bits per heavy atom. The highest BCUT2D eigenvalue weighted by Crippen LogP contribution is 2.39. The fourth-order valence-corrected chi connectivity index (χ4v) is 4.21. The lowest BCUT2D eigenvalue weighted by atomic mass is 9.91. The van der Waals surface area contributed by atoms with Crippen LogP contribution in [-0.4, -0.2) is 72.9 Å². The molecule has 7 heteroatoms. The number of hydrogen-bond donors (Lipinski definition) is 3. The van der Waals surface area contributed by atoms with E-state index in [-0.39, 0.29) is 17.4 Å². The Hall–Kier alpha value is -3.16. The topological polar surface area (TPSA) is 88.7 Å². The van der Waals surface area contributed by atoms with Gasteiger partial charge in [0.05, 0.1) is 17.0 Å². The Kier molecular flexibility index (Phi) is 5.56. The molecular formula is C24H28N4O3. The van der Waals surface area contributed by atoms with Gasteiger partial charge in [-0.3, -0.25) is 9.59 Å². The third kappa shape index (κ3) is 3.82. The van der Waals surface area contributed by atoms with E-state index in [0.717, 1.165) is 34.3 Å². The van der Waals surface area contributed by atoms with Gasteiger partial charge < -0.3 is 25.2 Å². The molecule has 2 aliphatic rings. The number of phenolic OH excluding ortho intramolecular Hbond substituents is 1. The number of carbonyl (C=O) groups excluding carboxylic acids is 2. The Labute approximate surface area is 181 Å². The summed E-state index contributed by atoms with van der Waals surface area (Å²) in [6.07, 6.45) is 4.51. The molecule has 0 unspecified atom stereocenters. The van der Waals surface area contributed by atoms with Gasteiger partial charge in [0.15, 0.2) is 5.78 Å². The largest absolute Gasteiger partial charge is 0.507 e. The minimum absolute atomic E-state index is 0.153. The minimum Gasteiger partial charge on any atom is -0.507 e. The second-order valence-corrected chi connectivity index (χ2v) is 8.58. The number of aromatic nitrogens is 1. The highest BCUT2D eigenvalue weighted by Gasteiger charge is 2.35. The van der Waals surface area contributed by atoms with Gasteiger partial charge in [0.1, 0.15) is 5.75 Å². The zero-order valence-electron chi connectivity index (χ0n) is 18.4. The van der Waals surface area contributed by atoms with Crippen LogP contribution >= 0.6 is 0 Å². The van der Waals surface area contributed by atoms with Crippen LogP contribution in [0.5, 0.6) is 5.75 Å². The number of likely N-dealkylation sites (N-methyl/N-ethyl adjacent to an activating group) is 1. The van der Waals surface area contributed by atoms with Crippen LogP contribution in [0.15, 0.2) is 47.2 Å². The number of nitrogens with one attached hydrogen (secondary N) is 2. The van der Waals surface area contributed by atoms with Gasteiger partial charge in [-0.05, 0) is 70.9 Å². The normalized spacial score (nSPS) is 16.3. The lowest BCUT2D eigenvalue weighted by molar-refractivity contribution is -0.116. The highest BCUT2D eigenvalue weighted by molar-refractivity contribution is 6.21. The van der Waals surface area contributed by atoms with Gasteiger partial charge in [0, 0.05) is 35.1 Å². The van der Waals surface area contributed by atoms with Crippen LogP contribution in [0.3, 0.4) is 0 Å². The second kappa shape index (κ2) is 8.17. The summed E-state index contributed by atoms with van der Waals surface area (Å²) in [6.45, 7) is 1.48. The van der Waals surface area contributed by atoms with Gasteiger partial charge in [-0.25, -0.2) is 0 Å². The third-order valence-corrected chi connectivity index (χ3v) is 5.77. The quantitative estimate of drug-likeness (QED) is 0.639. The van der Waals surface area contributed by atoms with Gasteiger partial charge >= 0.3 is 0 Å². The summed E-state index contributed by atoms with van der Waals surface area (Å²) < 4.78 is 0. The maximum absolute atomic E-state index is 12.7. The van der Waals surface area contributed by atoms with Crippen molar-refractivity contribution in [2.75, 3.05) is 41.3 Å². The predicted molar refractivity (Wildman–Crippen MR) is 122 cm³/mol. The first kappa shape index (κ1) is 21.1. The molecule has 0 saturated heterocycles. The van der Waals surface area contributed by atoms with Gasteiger partial charge in [-0.2, -0.15) is 0 Å². The zero-order chi connectivity index (χ0) is 22.3. The molecule has 0 atom stereocenters. The number of nitrogens with zero attached hydrogens (tertiary/aromatic N) is 2. The predicted octanol–water partition coefficient (Wildman–Crippen LogP) is 2.21. The molecule has 7 nitrogen and oxygen atoms in total. The molecule has 1 aliphatic heterocycles. The number of H-pyrrole nitrogens is 1. The molecule has 2 heterocycles. The van der Waals surface area contributed by atoms with E-state index in [1.54, 1.807) is 18.2 Å². The first-order valence-corrected chi connectivity index (χ1v) is 10.4. The molecule has 162 valence electrons. The molecule has 3 N–H and O–H groups in total. The fraction of sp³-hybridized carbons (Fsp3) is 0.333. The molecule has 1 aromatic heterocycles. The Bertz CT molecular complexity index is 1160. The number of allylic oxidation sites excluding steroid dienone is 4. The van der Waals surface area contributed by atoms with E-state index in [9.17, 15) is 14.7 Å². The Balaban J connectivity index is 1.89. The van der Waals surface area contributed by atoms with Crippen LogP contribution in [0, 0.1) is 0 Å². The molecule has 2 aromatic rings. The number of ketones is 1. The lowest BCUT2D eigenvalue weighted by Crippen LogP contribution is -2.21. The molecule has 4 rings (SSSR count). The smallest absolute Gasteiger partial charge is 0.252 e. The summed E-state index contributed by atoms with van der Waals surface area (Å²) in [5.41, 5.74) is 4.94. The van der Waals surface area contributed by atoms with Gasteiger partial charge in [0.25, 0.3) is 5.91 Å². The number of phenols is 1. The molecule has 0 saturated carbocycles. The monoisotopic (exact) mass is 420 g/mol. The Morgan fingerprint density at radius 3 is 2.39 bits per heavy atom. The van der Waals surface area contributed by atoms with E-state index >= 15 is 0 Å². The van der Waals surface area contributed by atoms with Crippen molar-refractivity contribution in [3.05, 3.63) is 58.5 Å². The number of hydrogen-bond acceptors (Lipinski definition) is 5. The van der Waals surface area contributed by atoms with E-state index in [1.807, 2.05) is 39.2 Å². The molecule has 0 fully saturated rings. The second-order valence-electron chi connectivity index (χ2n) is 8.58. The Morgan fingerprint density at radius 1 is 0.968 bits per heavy atom. The minimum atomic E-state index is -0.213. The molecule has 0 bridgehead atoms. The molecule has 1 aromatic carbocycles. The van der Waals surface area contributed by atoms with E-state index in [2.05, 4.69) is 15.2 Å². The summed E-state index contributed by atoms with van der Waals surface area (Å²) >= 11 is 0. The maximum Gasteiger partial charge on any atom is 0.252 e. The van der Waals surface area contributed by atoms with Crippen LogP contribution in [-0.2, 0) is 16.0 Å². The molecule has 0 spiro atoms. The summed E-state index contributed by atoms with van der Waals surface area (Å²) in [6, 6.07) is 5.40. The maximum atomic E-state index is 12.7. The van der Waals surface area contributed by atoms with Crippen LogP contribution in [0.2, 0.25) is 0 Å². The van der Waals surface area contributed by atoms with Crippen molar-refractivity contribution >= 4 is 28.2 Å². The van der Waals surface area contributed by atoms with Crippen LogP contribution in [0.4, 0.5) is 0 Å². The highest BCUT2D eigenvalue weighted by atomic mass is 16.3. The van der Waals surface area contributed by atoms with Crippen molar-refractivity contribution in [1.29, 1.82) is 0 Å². The first-order chi connectivity index (χ1) is 14.8. The summed E-state index contributed by atoms with van der Waals surface area (Å²) in [5, 5.41) is 14.3. The van der Waals surface area contributed by atoms with E-state index in [0.29, 0.717) is 36.2 Å². The van der Waals surface area contributed by atoms with E-state index in [1.165, 1.54) is 6.08 Å². The number of aromatic amines is 1. The van der Waals surface area contributed by atoms with Crippen molar-refractivity contribution in [1.82, 2.24) is 20.1 Å². The fourth-order valence-electron chi connectivity index (χ4n) is 4.21. The van der Waals surface area contributed by atoms with Crippen LogP contribution in [0.25, 0.3) is 16.5 Å². The van der Waals surface area contributed by atoms with Crippen molar-refractivity contribution in [2.24, 2.45) is 0 Å². The van der Waals surface area contributed by atoms with E-state index < -0.39 is 0 Å². The third-order valence-electron chi connectivity index (χ3n) is 5.77.